The molecular formula is C31H30N4O6. The molecule has 0 bridgehead atoms. The van der Waals surface area contributed by atoms with Crippen molar-refractivity contribution in [1.29, 1.82) is 0 Å². The van der Waals surface area contributed by atoms with Crippen LogP contribution in [0.1, 0.15) is 28.4 Å². The molecular weight excluding hydrogens is 524 g/mol. The molecule has 3 heterocycles. The summed E-state index contributed by atoms with van der Waals surface area (Å²) in [6, 6.07) is 29.6. The van der Waals surface area contributed by atoms with Crippen LogP contribution in [0.25, 0.3) is 5.65 Å². The lowest BCUT2D eigenvalue weighted by Crippen LogP contribution is -2.38. The number of hydrogen-bond acceptors (Lipinski definition) is 7. The van der Waals surface area contributed by atoms with Crippen molar-refractivity contribution in [2.75, 3.05) is 6.61 Å². The number of rotatable bonds is 11. The minimum atomic E-state index is -0.695. The van der Waals surface area contributed by atoms with Crippen LogP contribution >= 0.6 is 0 Å². The van der Waals surface area contributed by atoms with Gasteiger partial charge >= 0.3 is 11.4 Å². The SMILES string of the molecule is O=c1[nH]c(=O)n2ncc([C@@H]3O[C@H](COCc4ccccc4)[C@@H](OCc4ccccc4)[C@H]3OCc3ccccc3)c2[nH]1. The minimum absolute atomic E-state index is 0.240. The highest BCUT2D eigenvalue weighted by molar-refractivity contribution is 5.47. The Labute approximate surface area is 235 Å². The average molecular weight is 555 g/mol. The summed E-state index contributed by atoms with van der Waals surface area (Å²) in [6.07, 6.45) is -0.800. The maximum absolute atomic E-state index is 12.4. The number of aromatic amines is 2. The molecule has 0 spiro atoms. The standard InChI is InChI=1S/C31H30N4O6/c36-30-33-29-24(16-32-35(29)31(37)34-30)26-28(40-19-23-14-8-3-9-15-23)27(39-18-22-12-6-2-7-13-22)25(41-26)20-38-17-21-10-4-1-5-11-21/h1-16,25-28H,17-20H2,(H2,33,34,36,37)/t25-,26+,27-,28+/m1/s1. The van der Waals surface area contributed by atoms with Gasteiger partial charge in [0.15, 0.2) is 0 Å². The Morgan fingerprint density at radius 3 is 1.90 bits per heavy atom. The van der Waals surface area contributed by atoms with Crippen LogP contribution in [0.2, 0.25) is 0 Å². The summed E-state index contributed by atoms with van der Waals surface area (Å²) in [5, 5.41) is 4.20. The van der Waals surface area contributed by atoms with E-state index in [1.165, 1.54) is 6.20 Å². The second kappa shape index (κ2) is 12.4. The molecule has 0 aliphatic carbocycles. The molecule has 0 saturated carbocycles. The van der Waals surface area contributed by atoms with Crippen molar-refractivity contribution in [2.24, 2.45) is 0 Å². The average Bonchev–Trinajstić information content (AvgIpc) is 3.57. The minimum Gasteiger partial charge on any atom is -0.374 e. The van der Waals surface area contributed by atoms with Gasteiger partial charge in [-0.05, 0) is 16.7 Å². The molecule has 4 atom stereocenters. The Morgan fingerprint density at radius 2 is 1.29 bits per heavy atom. The van der Waals surface area contributed by atoms with Crippen LogP contribution in [0.4, 0.5) is 0 Å². The lowest BCUT2D eigenvalue weighted by molar-refractivity contribution is -0.0898. The van der Waals surface area contributed by atoms with E-state index in [4.69, 9.17) is 18.9 Å². The van der Waals surface area contributed by atoms with Crippen LogP contribution in [0, 0.1) is 0 Å². The van der Waals surface area contributed by atoms with Crippen LogP contribution in [-0.4, -0.2) is 44.5 Å². The Morgan fingerprint density at radius 1 is 0.732 bits per heavy atom. The Hall–Kier alpha value is -4.35. The quantitative estimate of drug-likeness (QED) is 0.256. The first-order chi connectivity index (χ1) is 20.2. The van der Waals surface area contributed by atoms with E-state index in [2.05, 4.69) is 15.1 Å². The Kier molecular flexibility index (Phi) is 8.15. The van der Waals surface area contributed by atoms with Crippen molar-refractivity contribution in [3.05, 3.63) is 140 Å². The van der Waals surface area contributed by atoms with Gasteiger partial charge in [0.05, 0.1) is 32.6 Å². The normalized spacial score (nSPS) is 20.5. The summed E-state index contributed by atoms with van der Waals surface area (Å²) >= 11 is 0. The summed E-state index contributed by atoms with van der Waals surface area (Å²) in [4.78, 5) is 29.4. The van der Waals surface area contributed by atoms with Gasteiger partial charge in [-0.15, -0.1) is 0 Å². The van der Waals surface area contributed by atoms with Crippen molar-refractivity contribution >= 4 is 5.65 Å². The van der Waals surface area contributed by atoms with Crippen molar-refractivity contribution in [1.82, 2.24) is 19.6 Å². The number of nitrogens with one attached hydrogen (secondary N) is 2. The van der Waals surface area contributed by atoms with Gasteiger partial charge in [0.1, 0.15) is 30.1 Å². The molecule has 2 N–H and O–H groups in total. The van der Waals surface area contributed by atoms with Gasteiger partial charge in [0.2, 0.25) is 0 Å². The Balaban J connectivity index is 1.32. The summed E-state index contributed by atoms with van der Waals surface area (Å²) < 4.78 is 26.8. The van der Waals surface area contributed by atoms with Crippen molar-refractivity contribution in [3.63, 3.8) is 0 Å². The molecule has 5 aromatic rings. The fourth-order valence-electron chi connectivity index (χ4n) is 5.03. The zero-order valence-corrected chi connectivity index (χ0v) is 22.2. The lowest BCUT2D eigenvalue weighted by atomic mass is 10.0. The van der Waals surface area contributed by atoms with E-state index in [1.807, 2.05) is 91.0 Å². The molecule has 1 fully saturated rings. The first-order valence-corrected chi connectivity index (χ1v) is 13.4. The summed E-state index contributed by atoms with van der Waals surface area (Å²) in [5.74, 6) is 0. The molecule has 10 heteroatoms. The molecule has 1 aliphatic rings. The second-order valence-corrected chi connectivity index (χ2v) is 9.86. The van der Waals surface area contributed by atoms with Crippen molar-refractivity contribution in [3.8, 4) is 0 Å². The topological polar surface area (TPSA) is 120 Å². The van der Waals surface area contributed by atoms with E-state index >= 15 is 0 Å². The lowest BCUT2D eigenvalue weighted by Gasteiger charge is -2.25. The molecule has 0 unspecified atom stereocenters. The summed E-state index contributed by atoms with van der Waals surface area (Å²) in [6.45, 7) is 1.30. The number of aromatic nitrogens is 4. The van der Waals surface area contributed by atoms with Crippen LogP contribution in [0.5, 0.6) is 0 Å². The molecule has 0 radical (unpaired) electrons. The van der Waals surface area contributed by atoms with E-state index < -0.39 is 35.8 Å². The zero-order valence-electron chi connectivity index (χ0n) is 22.2. The molecule has 2 aromatic heterocycles. The number of H-pyrrole nitrogens is 2. The second-order valence-electron chi connectivity index (χ2n) is 9.86. The number of hydrogen-bond donors (Lipinski definition) is 2. The number of fused-ring (bicyclic) bond motifs is 1. The fourth-order valence-corrected chi connectivity index (χ4v) is 5.03. The number of nitrogens with zero attached hydrogens (tertiary/aromatic N) is 2. The highest BCUT2D eigenvalue weighted by Gasteiger charge is 2.48. The van der Waals surface area contributed by atoms with Gasteiger partial charge in [-0.2, -0.15) is 9.61 Å². The van der Waals surface area contributed by atoms with Gasteiger partial charge < -0.3 is 18.9 Å². The molecule has 210 valence electrons. The first-order valence-electron chi connectivity index (χ1n) is 13.4. The predicted octanol–water partition coefficient (Wildman–Crippen LogP) is 3.54. The molecule has 3 aromatic carbocycles. The summed E-state index contributed by atoms with van der Waals surface area (Å²) in [5.41, 5.74) is 2.52. The molecule has 6 rings (SSSR count). The van der Waals surface area contributed by atoms with Crippen LogP contribution < -0.4 is 11.4 Å². The predicted molar refractivity (Wildman–Crippen MR) is 150 cm³/mol. The highest BCUT2D eigenvalue weighted by atomic mass is 16.6. The third kappa shape index (κ3) is 6.21. The molecule has 0 amide bonds. The van der Waals surface area contributed by atoms with Crippen LogP contribution in [0.3, 0.4) is 0 Å². The number of ether oxygens (including phenoxy) is 4. The van der Waals surface area contributed by atoms with E-state index in [9.17, 15) is 9.59 Å². The maximum atomic E-state index is 12.4. The smallest absolute Gasteiger partial charge is 0.352 e. The maximum Gasteiger partial charge on any atom is 0.352 e. The largest absolute Gasteiger partial charge is 0.374 e. The fraction of sp³-hybridized carbons (Fsp3) is 0.258. The van der Waals surface area contributed by atoms with Gasteiger partial charge in [-0.3, -0.25) is 9.97 Å². The number of benzene rings is 3. The Bertz CT molecular complexity index is 1670. The van der Waals surface area contributed by atoms with Crippen molar-refractivity contribution < 1.29 is 18.9 Å². The van der Waals surface area contributed by atoms with E-state index in [0.29, 0.717) is 25.4 Å². The van der Waals surface area contributed by atoms with E-state index in [-0.39, 0.29) is 12.3 Å². The third-order valence-corrected chi connectivity index (χ3v) is 7.02. The molecule has 10 nitrogen and oxygen atoms in total. The molecule has 1 saturated heterocycles. The van der Waals surface area contributed by atoms with Crippen LogP contribution in [0.15, 0.2) is 107 Å². The molecule has 41 heavy (non-hydrogen) atoms. The highest BCUT2D eigenvalue weighted by Crippen LogP contribution is 2.39. The van der Waals surface area contributed by atoms with E-state index in [0.717, 1.165) is 21.2 Å². The van der Waals surface area contributed by atoms with Gasteiger partial charge in [0.25, 0.3) is 0 Å². The molecule has 1 aliphatic heterocycles. The third-order valence-electron chi connectivity index (χ3n) is 7.02. The summed E-state index contributed by atoms with van der Waals surface area (Å²) in [7, 11) is 0. The van der Waals surface area contributed by atoms with Crippen LogP contribution in [-0.2, 0) is 38.8 Å². The van der Waals surface area contributed by atoms with E-state index in [1.54, 1.807) is 0 Å². The van der Waals surface area contributed by atoms with Crippen molar-refractivity contribution in [2.45, 2.75) is 44.2 Å². The zero-order chi connectivity index (χ0) is 28.0. The van der Waals surface area contributed by atoms with Gasteiger partial charge in [-0.1, -0.05) is 91.0 Å². The monoisotopic (exact) mass is 554 g/mol. The van der Waals surface area contributed by atoms with Gasteiger partial charge in [-0.25, -0.2) is 9.59 Å². The van der Waals surface area contributed by atoms with Gasteiger partial charge in [0, 0.05) is 5.56 Å². The first kappa shape index (κ1) is 26.9.